The third kappa shape index (κ3) is 4.55. The van der Waals surface area contributed by atoms with Gasteiger partial charge in [-0.15, -0.1) is 11.3 Å². The molecule has 2 nitrogen and oxygen atoms in total. The highest BCUT2D eigenvalue weighted by Gasteiger charge is 2.09. The molecule has 84 valence electrons. The van der Waals surface area contributed by atoms with Gasteiger partial charge < -0.3 is 5.11 Å². The van der Waals surface area contributed by atoms with Crippen molar-refractivity contribution < 1.29 is 9.90 Å². The molecule has 0 aliphatic heterocycles. The molecule has 0 aromatic carbocycles. The summed E-state index contributed by atoms with van der Waals surface area (Å²) in [6.07, 6.45) is 0. The van der Waals surface area contributed by atoms with Crippen molar-refractivity contribution in [3.8, 4) is 0 Å². The van der Waals surface area contributed by atoms with Crippen molar-refractivity contribution in [1.82, 2.24) is 0 Å². The first kappa shape index (κ1) is 13.0. The molecule has 0 aliphatic carbocycles. The van der Waals surface area contributed by atoms with Gasteiger partial charge in [-0.25, -0.2) is 0 Å². The van der Waals surface area contributed by atoms with E-state index in [-0.39, 0.29) is 18.3 Å². The van der Waals surface area contributed by atoms with Crippen LogP contribution in [0, 0.1) is 5.92 Å². The van der Waals surface area contributed by atoms with E-state index >= 15 is 0 Å². The first-order valence-electron chi connectivity index (χ1n) is 4.60. The summed E-state index contributed by atoms with van der Waals surface area (Å²) in [7, 11) is 0. The fourth-order valence-electron chi connectivity index (χ4n) is 0.941. The summed E-state index contributed by atoms with van der Waals surface area (Å²) in [5.74, 6) is 1.62. The number of hydrogen-bond donors (Lipinski definition) is 1. The monoisotopic (exact) mass is 264 g/mol. The Hall–Kier alpha value is -0.0300. The number of hydrogen-bond acceptors (Lipinski definition) is 4. The summed E-state index contributed by atoms with van der Waals surface area (Å²) >= 11 is 8.60. The predicted molar refractivity (Wildman–Crippen MR) is 67.2 cm³/mol. The van der Waals surface area contributed by atoms with Crippen LogP contribution in [0.15, 0.2) is 12.1 Å². The number of aliphatic hydroxyl groups excluding tert-OH is 1. The van der Waals surface area contributed by atoms with Crippen LogP contribution >= 0.6 is 34.7 Å². The van der Waals surface area contributed by atoms with E-state index in [2.05, 4.69) is 0 Å². The van der Waals surface area contributed by atoms with E-state index in [4.69, 9.17) is 16.7 Å². The van der Waals surface area contributed by atoms with Crippen molar-refractivity contribution in [1.29, 1.82) is 0 Å². The van der Waals surface area contributed by atoms with E-state index in [1.54, 1.807) is 23.9 Å². The van der Waals surface area contributed by atoms with Crippen LogP contribution in [0.5, 0.6) is 0 Å². The Morgan fingerprint density at radius 1 is 1.67 bits per heavy atom. The fourth-order valence-corrected chi connectivity index (χ4v) is 2.98. The van der Waals surface area contributed by atoms with E-state index in [0.717, 1.165) is 5.75 Å². The quantitative estimate of drug-likeness (QED) is 0.803. The number of halogens is 1. The molecular weight excluding hydrogens is 252 g/mol. The summed E-state index contributed by atoms with van der Waals surface area (Å²) in [5.41, 5.74) is 0. The van der Waals surface area contributed by atoms with Gasteiger partial charge in [0.2, 0.25) is 0 Å². The summed E-state index contributed by atoms with van der Waals surface area (Å²) in [5, 5.41) is 8.81. The van der Waals surface area contributed by atoms with Crippen LogP contribution in [0.1, 0.15) is 16.6 Å². The largest absolute Gasteiger partial charge is 0.396 e. The molecular formula is C10H13ClO2S2. The zero-order valence-corrected chi connectivity index (χ0v) is 10.8. The Labute approximate surface area is 103 Å². The van der Waals surface area contributed by atoms with Gasteiger partial charge in [0.05, 0.1) is 15.0 Å². The lowest BCUT2D eigenvalue weighted by molar-refractivity contribution is 0.102. The normalized spacial score (nSPS) is 12.7. The third-order valence-corrected chi connectivity index (χ3v) is 4.34. The topological polar surface area (TPSA) is 37.3 Å². The van der Waals surface area contributed by atoms with Gasteiger partial charge in [0.15, 0.2) is 5.78 Å². The first-order valence-corrected chi connectivity index (χ1v) is 6.95. The number of thioether (sulfide) groups is 1. The molecule has 1 atom stereocenters. The Morgan fingerprint density at radius 3 is 2.93 bits per heavy atom. The highest BCUT2D eigenvalue weighted by Crippen LogP contribution is 2.23. The van der Waals surface area contributed by atoms with Gasteiger partial charge in [-0.2, -0.15) is 11.8 Å². The maximum absolute atomic E-state index is 11.6. The van der Waals surface area contributed by atoms with Crippen molar-refractivity contribution in [2.75, 3.05) is 18.1 Å². The predicted octanol–water partition coefficient (Wildman–Crippen LogP) is 2.95. The van der Waals surface area contributed by atoms with Crippen molar-refractivity contribution in [3.63, 3.8) is 0 Å². The second-order valence-corrected chi connectivity index (χ2v) is 6.08. The van der Waals surface area contributed by atoms with Crippen LogP contribution in [0.3, 0.4) is 0 Å². The Bertz CT molecular complexity index is 325. The van der Waals surface area contributed by atoms with Crippen LogP contribution in [-0.2, 0) is 0 Å². The van der Waals surface area contributed by atoms with Gasteiger partial charge in [-0.05, 0) is 23.8 Å². The van der Waals surface area contributed by atoms with Crippen LogP contribution < -0.4 is 0 Å². The zero-order chi connectivity index (χ0) is 11.3. The molecule has 1 N–H and O–H groups in total. The molecule has 1 rings (SSSR count). The lowest BCUT2D eigenvalue weighted by atomic mass is 10.2. The minimum atomic E-state index is 0.113. The second kappa shape index (κ2) is 6.53. The molecule has 0 saturated carbocycles. The highest BCUT2D eigenvalue weighted by atomic mass is 35.5. The molecule has 0 bridgehead atoms. The van der Waals surface area contributed by atoms with E-state index in [9.17, 15) is 4.79 Å². The number of aliphatic hydroxyl groups is 1. The minimum Gasteiger partial charge on any atom is -0.396 e. The molecule has 1 aromatic heterocycles. The Kier molecular flexibility index (Phi) is 5.68. The van der Waals surface area contributed by atoms with Crippen molar-refractivity contribution in [3.05, 3.63) is 21.3 Å². The van der Waals surface area contributed by atoms with Crippen molar-refractivity contribution in [2.24, 2.45) is 5.92 Å². The van der Waals surface area contributed by atoms with Crippen molar-refractivity contribution in [2.45, 2.75) is 6.92 Å². The van der Waals surface area contributed by atoms with Gasteiger partial charge in [0.25, 0.3) is 0 Å². The van der Waals surface area contributed by atoms with Gasteiger partial charge >= 0.3 is 0 Å². The summed E-state index contributed by atoms with van der Waals surface area (Å²) < 4.78 is 0.645. The van der Waals surface area contributed by atoms with Gasteiger partial charge in [0.1, 0.15) is 0 Å². The molecule has 1 aromatic rings. The lowest BCUT2D eigenvalue weighted by Crippen LogP contribution is -2.07. The van der Waals surface area contributed by atoms with E-state index in [1.807, 2.05) is 6.92 Å². The van der Waals surface area contributed by atoms with Crippen LogP contribution in [0.2, 0.25) is 4.34 Å². The number of Topliss-reactive ketones (excluding diaryl/α,β-unsaturated/α-hetero) is 1. The summed E-state index contributed by atoms with van der Waals surface area (Å²) in [6.45, 7) is 2.13. The molecule has 0 aliphatic rings. The van der Waals surface area contributed by atoms with Crippen molar-refractivity contribution >= 4 is 40.5 Å². The van der Waals surface area contributed by atoms with E-state index < -0.39 is 0 Å². The van der Waals surface area contributed by atoms with Gasteiger partial charge in [-0.3, -0.25) is 4.79 Å². The standard InChI is InChI=1S/C10H13ClO2S2/c1-7(4-12)5-14-6-8(13)9-2-3-10(11)15-9/h2-3,7,12H,4-6H2,1H3. The van der Waals surface area contributed by atoms with Crippen LogP contribution in [0.4, 0.5) is 0 Å². The maximum Gasteiger partial charge on any atom is 0.182 e. The number of carbonyl (C=O) groups excluding carboxylic acids is 1. The molecule has 0 fully saturated rings. The van der Waals surface area contributed by atoms with Gasteiger partial charge in [0, 0.05) is 6.61 Å². The first-order chi connectivity index (χ1) is 7.13. The molecule has 0 radical (unpaired) electrons. The molecule has 15 heavy (non-hydrogen) atoms. The number of carbonyl (C=O) groups is 1. The molecule has 0 saturated heterocycles. The summed E-state index contributed by atoms with van der Waals surface area (Å²) in [4.78, 5) is 12.3. The average molecular weight is 265 g/mol. The minimum absolute atomic E-state index is 0.113. The number of rotatable bonds is 6. The maximum atomic E-state index is 11.6. The number of thiophene rings is 1. The highest BCUT2D eigenvalue weighted by molar-refractivity contribution is 8.00. The second-order valence-electron chi connectivity index (χ2n) is 3.33. The Morgan fingerprint density at radius 2 is 2.40 bits per heavy atom. The Balaban J connectivity index is 2.31. The molecule has 1 heterocycles. The van der Waals surface area contributed by atoms with Crippen LogP contribution in [0.25, 0.3) is 0 Å². The van der Waals surface area contributed by atoms with E-state index in [0.29, 0.717) is 15.0 Å². The lowest BCUT2D eigenvalue weighted by Gasteiger charge is -2.05. The molecule has 0 amide bonds. The molecule has 1 unspecified atom stereocenters. The van der Waals surface area contributed by atoms with Crippen LogP contribution in [-0.4, -0.2) is 29.0 Å². The zero-order valence-electron chi connectivity index (χ0n) is 8.40. The third-order valence-electron chi connectivity index (χ3n) is 1.80. The SMILES string of the molecule is CC(CO)CSCC(=O)c1ccc(Cl)s1. The summed E-state index contributed by atoms with van der Waals surface area (Å²) in [6, 6.07) is 3.49. The van der Waals surface area contributed by atoms with Gasteiger partial charge in [-0.1, -0.05) is 18.5 Å². The fraction of sp³-hybridized carbons (Fsp3) is 0.500. The molecule has 5 heteroatoms. The smallest absolute Gasteiger partial charge is 0.182 e. The van der Waals surface area contributed by atoms with E-state index in [1.165, 1.54) is 11.3 Å². The molecule has 0 spiro atoms. The average Bonchev–Trinajstić information content (AvgIpc) is 2.64. The number of ketones is 1.